The van der Waals surface area contributed by atoms with E-state index in [4.69, 9.17) is 17.2 Å². The molecule has 0 bridgehead atoms. The van der Waals surface area contributed by atoms with Crippen LogP contribution in [0.3, 0.4) is 0 Å². The normalized spacial score (nSPS) is 14.7. The Bertz CT molecular complexity index is 901. The van der Waals surface area contributed by atoms with Gasteiger partial charge in [-0.25, -0.2) is 4.98 Å². The standard InChI is InChI=1S/C21H22N4S2/c26-21(23-17-8-2-1-3-9-17)24-18-10-4-6-15(12-18)19-14-27-20(25-19)16-7-5-11-22-13-16/h4-7,10-14,17H,1-3,8-9H2,(H2,23,24,26). The molecule has 2 aromatic heterocycles. The first kappa shape index (κ1) is 18.1. The van der Waals surface area contributed by atoms with Gasteiger partial charge < -0.3 is 10.6 Å². The van der Waals surface area contributed by atoms with Gasteiger partial charge in [-0.2, -0.15) is 0 Å². The van der Waals surface area contributed by atoms with E-state index in [2.05, 4.69) is 33.1 Å². The third kappa shape index (κ3) is 4.70. The minimum atomic E-state index is 0.502. The van der Waals surface area contributed by atoms with E-state index in [1.807, 2.05) is 30.5 Å². The van der Waals surface area contributed by atoms with Crippen LogP contribution in [0.1, 0.15) is 32.1 Å². The van der Waals surface area contributed by atoms with E-state index in [1.54, 1.807) is 17.5 Å². The molecule has 1 aliphatic carbocycles. The molecule has 1 saturated carbocycles. The van der Waals surface area contributed by atoms with Gasteiger partial charge >= 0.3 is 0 Å². The van der Waals surface area contributed by atoms with Gasteiger partial charge in [0.2, 0.25) is 0 Å². The molecule has 0 unspecified atom stereocenters. The number of thiazole rings is 1. The summed E-state index contributed by atoms with van der Waals surface area (Å²) in [6.07, 6.45) is 9.95. The maximum absolute atomic E-state index is 5.50. The van der Waals surface area contributed by atoms with E-state index in [0.29, 0.717) is 11.2 Å². The maximum atomic E-state index is 5.50. The monoisotopic (exact) mass is 394 g/mol. The van der Waals surface area contributed by atoms with Crippen molar-refractivity contribution in [1.29, 1.82) is 0 Å². The Labute approximate surface area is 169 Å². The highest BCUT2D eigenvalue weighted by atomic mass is 32.1. The number of hydrogen-bond acceptors (Lipinski definition) is 4. The molecule has 4 rings (SSSR count). The molecule has 0 amide bonds. The third-order valence-electron chi connectivity index (χ3n) is 4.77. The zero-order chi connectivity index (χ0) is 18.5. The van der Waals surface area contributed by atoms with Gasteiger partial charge in [-0.05, 0) is 49.3 Å². The Morgan fingerprint density at radius 3 is 2.74 bits per heavy atom. The highest BCUT2D eigenvalue weighted by Crippen LogP contribution is 2.29. The molecule has 0 radical (unpaired) electrons. The first-order valence-electron chi connectivity index (χ1n) is 9.32. The van der Waals surface area contributed by atoms with Crippen molar-refractivity contribution >= 4 is 34.4 Å². The van der Waals surface area contributed by atoms with Crippen LogP contribution in [0.2, 0.25) is 0 Å². The topological polar surface area (TPSA) is 49.8 Å². The van der Waals surface area contributed by atoms with Crippen molar-refractivity contribution in [2.75, 3.05) is 5.32 Å². The van der Waals surface area contributed by atoms with Gasteiger partial charge in [0.15, 0.2) is 5.11 Å². The highest BCUT2D eigenvalue weighted by molar-refractivity contribution is 7.80. The smallest absolute Gasteiger partial charge is 0.170 e. The Morgan fingerprint density at radius 2 is 1.93 bits per heavy atom. The average molecular weight is 395 g/mol. The van der Waals surface area contributed by atoms with Crippen molar-refractivity contribution in [1.82, 2.24) is 15.3 Å². The molecular weight excluding hydrogens is 372 g/mol. The average Bonchev–Trinajstić information content (AvgIpc) is 3.20. The summed E-state index contributed by atoms with van der Waals surface area (Å²) < 4.78 is 0. The number of pyridine rings is 1. The minimum absolute atomic E-state index is 0.502. The quantitative estimate of drug-likeness (QED) is 0.573. The van der Waals surface area contributed by atoms with Crippen LogP contribution >= 0.6 is 23.6 Å². The summed E-state index contributed by atoms with van der Waals surface area (Å²) >= 11 is 7.13. The zero-order valence-corrected chi connectivity index (χ0v) is 16.7. The van der Waals surface area contributed by atoms with Crippen molar-refractivity contribution in [3.05, 3.63) is 54.2 Å². The predicted molar refractivity (Wildman–Crippen MR) is 117 cm³/mol. The summed E-state index contributed by atoms with van der Waals surface area (Å²) in [5, 5.41) is 10.5. The van der Waals surface area contributed by atoms with Crippen molar-refractivity contribution in [3.8, 4) is 21.8 Å². The highest BCUT2D eigenvalue weighted by Gasteiger charge is 2.14. The van der Waals surface area contributed by atoms with Crippen LogP contribution in [0, 0.1) is 0 Å². The number of nitrogens with one attached hydrogen (secondary N) is 2. The van der Waals surface area contributed by atoms with Gasteiger partial charge in [0.1, 0.15) is 5.01 Å². The predicted octanol–water partition coefficient (Wildman–Crippen LogP) is 5.49. The van der Waals surface area contributed by atoms with E-state index in [1.165, 1.54) is 32.1 Å². The molecule has 6 heteroatoms. The Balaban J connectivity index is 1.44. The maximum Gasteiger partial charge on any atom is 0.170 e. The lowest BCUT2D eigenvalue weighted by Gasteiger charge is -2.24. The van der Waals surface area contributed by atoms with E-state index in [0.717, 1.165) is 27.5 Å². The van der Waals surface area contributed by atoms with E-state index >= 15 is 0 Å². The van der Waals surface area contributed by atoms with Crippen molar-refractivity contribution in [2.24, 2.45) is 0 Å². The number of anilines is 1. The lowest BCUT2D eigenvalue weighted by molar-refractivity contribution is 0.415. The first-order chi connectivity index (χ1) is 13.3. The van der Waals surface area contributed by atoms with Crippen LogP contribution in [-0.4, -0.2) is 21.1 Å². The second-order valence-electron chi connectivity index (χ2n) is 6.79. The summed E-state index contributed by atoms with van der Waals surface area (Å²) in [5.74, 6) is 0. The molecular formula is C21H22N4S2. The summed E-state index contributed by atoms with van der Waals surface area (Å²) in [5.41, 5.74) is 4.07. The summed E-state index contributed by atoms with van der Waals surface area (Å²) in [6, 6.07) is 12.7. The number of nitrogens with zero attached hydrogens (tertiary/aromatic N) is 2. The largest absolute Gasteiger partial charge is 0.360 e. The molecule has 1 aromatic carbocycles. The fraction of sp³-hybridized carbons (Fsp3) is 0.286. The first-order valence-corrected chi connectivity index (χ1v) is 10.6. The fourth-order valence-corrected chi connectivity index (χ4v) is 4.49. The molecule has 0 saturated heterocycles. The fourth-order valence-electron chi connectivity index (χ4n) is 3.38. The van der Waals surface area contributed by atoms with Crippen LogP contribution in [0.4, 0.5) is 5.69 Å². The molecule has 2 heterocycles. The van der Waals surface area contributed by atoms with E-state index < -0.39 is 0 Å². The van der Waals surface area contributed by atoms with Crippen molar-refractivity contribution < 1.29 is 0 Å². The molecule has 0 spiro atoms. The molecule has 1 aliphatic rings. The van der Waals surface area contributed by atoms with E-state index in [9.17, 15) is 0 Å². The van der Waals surface area contributed by atoms with Gasteiger partial charge in [0.05, 0.1) is 5.69 Å². The second-order valence-corrected chi connectivity index (χ2v) is 8.06. The molecule has 0 atom stereocenters. The van der Waals surface area contributed by atoms with Gasteiger partial charge in [0.25, 0.3) is 0 Å². The summed E-state index contributed by atoms with van der Waals surface area (Å²) in [7, 11) is 0. The van der Waals surface area contributed by atoms with Crippen LogP contribution in [0.15, 0.2) is 54.2 Å². The lowest BCUT2D eigenvalue weighted by Crippen LogP contribution is -2.38. The van der Waals surface area contributed by atoms with Crippen LogP contribution in [0.25, 0.3) is 21.8 Å². The molecule has 27 heavy (non-hydrogen) atoms. The minimum Gasteiger partial charge on any atom is -0.360 e. The van der Waals surface area contributed by atoms with Crippen LogP contribution in [-0.2, 0) is 0 Å². The molecule has 3 aromatic rings. The van der Waals surface area contributed by atoms with Crippen LogP contribution in [0.5, 0.6) is 0 Å². The number of aromatic nitrogens is 2. The molecule has 4 nitrogen and oxygen atoms in total. The van der Waals surface area contributed by atoms with E-state index in [-0.39, 0.29) is 0 Å². The summed E-state index contributed by atoms with van der Waals surface area (Å²) in [4.78, 5) is 8.94. The second kappa shape index (κ2) is 8.59. The number of thiocarbonyl (C=S) groups is 1. The van der Waals surface area contributed by atoms with Crippen molar-refractivity contribution in [3.63, 3.8) is 0 Å². The molecule has 2 N–H and O–H groups in total. The zero-order valence-electron chi connectivity index (χ0n) is 15.0. The Morgan fingerprint density at radius 1 is 1.07 bits per heavy atom. The van der Waals surface area contributed by atoms with Gasteiger partial charge in [-0.15, -0.1) is 11.3 Å². The Hall–Kier alpha value is -2.31. The summed E-state index contributed by atoms with van der Waals surface area (Å²) in [6.45, 7) is 0. The van der Waals surface area contributed by atoms with Gasteiger partial charge in [-0.3, -0.25) is 4.98 Å². The molecule has 1 fully saturated rings. The van der Waals surface area contributed by atoms with Crippen molar-refractivity contribution in [2.45, 2.75) is 38.1 Å². The van der Waals surface area contributed by atoms with Crippen LogP contribution < -0.4 is 10.6 Å². The number of hydrogen-bond donors (Lipinski definition) is 2. The number of benzene rings is 1. The van der Waals surface area contributed by atoms with Gasteiger partial charge in [0, 0.05) is 40.6 Å². The van der Waals surface area contributed by atoms with Gasteiger partial charge in [-0.1, -0.05) is 31.4 Å². The SMILES string of the molecule is S=C(Nc1cccc(-c2csc(-c3cccnc3)n2)c1)NC1CCCCC1. The third-order valence-corrected chi connectivity index (χ3v) is 5.88. The molecule has 138 valence electrons. The molecule has 0 aliphatic heterocycles. The lowest BCUT2D eigenvalue weighted by atomic mass is 9.96. The Kier molecular flexibility index (Phi) is 5.75. The number of rotatable bonds is 4.